The predicted octanol–water partition coefficient (Wildman–Crippen LogP) is 1.03. The molecule has 1 rings (SSSR count). The van der Waals surface area contributed by atoms with Crippen LogP contribution in [0.1, 0.15) is 33.1 Å². The zero-order chi connectivity index (χ0) is 12.0. The maximum absolute atomic E-state index is 11.8. The summed E-state index contributed by atoms with van der Waals surface area (Å²) in [4.78, 5) is 13.7. The van der Waals surface area contributed by atoms with E-state index >= 15 is 0 Å². The number of carbonyl (C=O) groups excluding carboxylic acids is 1. The van der Waals surface area contributed by atoms with Crippen LogP contribution in [0.15, 0.2) is 0 Å². The van der Waals surface area contributed by atoms with Gasteiger partial charge in [0.05, 0.1) is 6.10 Å². The molecule has 1 atom stereocenters. The monoisotopic (exact) mass is 229 g/mol. The summed E-state index contributed by atoms with van der Waals surface area (Å²) in [5.41, 5.74) is 0. The molecule has 1 heterocycles. The minimum atomic E-state index is 0.0799. The molecule has 1 fully saturated rings. The van der Waals surface area contributed by atoms with Gasteiger partial charge in [-0.05, 0) is 39.0 Å². The van der Waals surface area contributed by atoms with Crippen molar-refractivity contribution in [1.29, 1.82) is 0 Å². The minimum absolute atomic E-state index is 0.0799. The van der Waals surface area contributed by atoms with Crippen LogP contribution < -0.4 is 0 Å². The van der Waals surface area contributed by atoms with Gasteiger partial charge in [-0.1, -0.05) is 0 Å². The van der Waals surface area contributed by atoms with Crippen molar-refractivity contribution in [1.82, 2.24) is 4.90 Å². The van der Waals surface area contributed by atoms with Crippen LogP contribution in [-0.4, -0.2) is 48.3 Å². The average molecular weight is 229 g/mol. The van der Waals surface area contributed by atoms with Gasteiger partial charge in [-0.25, -0.2) is 0 Å². The van der Waals surface area contributed by atoms with Crippen molar-refractivity contribution in [2.24, 2.45) is 5.92 Å². The normalized spacial score (nSPS) is 21.5. The fourth-order valence-corrected chi connectivity index (χ4v) is 2.04. The number of aliphatic hydroxyl groups is 1. The Morgan fingerprint density at radius 3 is 2.94 bits per heavy atom. The van der Waals surface area contributed by atoms with Crippen molar-refractivity contribution in [3.05, 3.63) is 0 Å². The Labute approximate surface area is 97.6 Å². The van der Waals surface area contributed by atoms with Crippen molar-refractivity contribution in [3.63, 3.8) is 0 Å². The molecule has 1 aliphatic heterocycles. The highest BCUT2D eigenvalue weighted by Crippen LogP contribution is 2.19. The molecule has 16 heavy (non-hydrogen) atoms. The maximum Gasteiger partial charge on any atom is 0.248 e. The lowest BCUT2D eigenvalue weighted by Gasteiger charge is -2.32. The van der Waals surface area contributed by atoms with Crippen molar-refractivity contribution in [3.8, 4) is 0 Å². The molecule has 1 saturated heterocycles. The summed E-state index contributed by atoms with van der Waals surface area (Å²) in [7, 11) is 0. The Kier molecular flexibility index (Phi) is 5.77. The lowest BCUT2D eigenvalue weighted by atomic mass is 9.95. The first kappa shape index (κ1) is 13.5. The molecule has 0 aromatic carbocycles. The van der Waals surface area contributed by atoms with Crippen LogP contribution in [0.5, 0.6) is 0 Å². The number of carbonyl (C=O) groups is 1. The second-order valence-electron chi connectivity index (χ2n) is 4.72. The summed E-state index contributed by atoms with van der Waals surface area (Å²) in [6.07, 6.45) is 3.06. The Hall–Kier alpha value is -0.610. The molecule has 94 valence electrons. The number of hydrogen-bond acceptors (Lipinski definition) is 3. The molecule has 0 saturated carbocycles. The van der Waals surface area contributed by atoms with Crippen molar-refractivity contribution >= 4 is 5.91 Å². The Morgan fingerprint density at radius 1 is 1.56 bits per heavy atom. The summed E-state index contributed by atoms with van der Waals surface area (Å²) < 4.78 is 5.31. The van der Waals surface area contributed by atoms with Crippen molar-refractivity contribution in [2.45, 2.75) is 39.2 Å². The van der Waals surface area contributed by atoms with Crippen LogP contribution in [0.3, 0.4) is 0 Å². The van der Waals surface area contributed by atoms with E-state index in [4.69, 9.17) is 9.84 Å². The third kappa shape index (κ3) is 4.49. The van der Waals surface area contributed by atoms with Crippen LogP contribution >= 0.6 is 0 Å². The molecule has 1 N–H and O–H groups in total. The lowest BCUT2D eigenvalue weighted by Crippen LogP contribution is -2.42. The zero-order valence-electron chi connectivity index (χ0n) is 10.3. The number of likely N-dealkylation sites (tertiary alicyclic amines) is 1. The first-order valence-corrected chi connectivity index (χ1v) is 6.13. The molecule has 1 aliphatic rings. The Bertz CT molecular complexity index is 216. The minimum Gasteiger partial charge on any atom is -0.396 e. The molecule has 0 aromatic rings. The van der Waals surface area contributed by atoms with Crippen LogP contribution in [0.25, 0.3) is 0 Å². The molecule has 1 amide bonds. The van der Waals surface area contributed by atoms with Crippen molar-refractivity contribution in [2.75, 3.05) is 26.3 Å². The predicted molar refractivity (Wildman–Crippen MR) is 62.1 cm³/mol. The summed E-state index contributed by atoms with van der Waals surface area (Å²) in [6, 6.07) is 0. The summed E-state index contributed by atoms with van der Waals surface area (Å²) in [5, 5.41) is 8.89. The van der Waals surface area contributed by atoms with E-state index < -0.39 is 0 Å². The quantitative estimate of drug-likeness (QED) is 0.766. The van der Waals surface area contributed by atoms with E-state index in [9.17, 15) is 4.79 Å². The van der Waals surface area contributed by atoms with Gasteiger partial charge >= 0.3 is 0 Å². The number of aliphatic hydroxyl groups excluding tert-OH is 1. The molecule has 1 unspecified atom stereocenters. The zero-order valence-corrected chi connectivity index (χ0v) is 10.3. The highest BCUT2D eigenvalue weighted by Gasteiger charge is 2.23. The smallest absolute Gasteiger partial charge is 0.248 e. The van der Waals surface area contributed by atoms with Crippen LogP contribution in [0.2, 0.25) is 0 Å². The first-order chi connectivity index (χ1) is 7.63. The van der Waals surface area contributed by atoms with Gasteiger partial charge in [-0.3, -0.25) is 4.79 Å². The highest BCUT2D eigenvalue weighted by atomic mass is 16.5. The maximum atomic E-state index is 11.8. The first-order valence-electron chi connectivity index (χ1n) is 6.13. The number of ether oxygens (including phenoxy) is 1. The van der Waals surface area contributed by atoms with Crippen LogP contribution in [0.4, 0.5) is 0 Å². The van der Waals surface area contributed by atoms with E-state index in [1.807, 2.05) is 18.7 Å². The molecule has 4 nitrogen and oxygen atoms in total. The average Bonchev–Trinajstić information content (AvgIpc) is 2.26. The van der Waals surface area contributed by atoms with E-state index in [1.54, 1.807) is 0 Å². The van der Waals surface area contributed by atoms with E-state index in [2.05, 4.69) is 0 Å². The fraction of sp³-hybridized carbons (Fsp3) is 0.917. The Balaban J connectivity index is 2.32. The van der Waals surface area contributed by atoms with Crippen LogP contribution in [0, 0.1) is 5.92 Å². The van der Waals surface area contributed by atoms with Gasteiger partial charge in [-0.15, -0.1) is 0 Å². The van der Waals surface area contributed by atoms with Gasteiger partial charge in [0.1, 0.15) is 6.61 Å². The highest BCUT2D eigenvalue weighted by molar-refractivity contribution is 5.77. The topological polar surface area (TPSA) is 49.8 Å². The molecule has 0 spiro atoms. The molecule has 4 heteroatoms. The molecule has 0 bridgehead atoms. The lowest BCUT2D eigenvalue weighted by molar-refractivity contribution is -0.139. The van der Waals surface area contributed by atoms with Crippen molar-refractivity contribution < 1.29 is 14.6 Å². The Morgan fingerprint density at radius 2 is 2.31 bits per heavy atom. The van der Waals surface area contributed by atoms with Gasteiger partial charge < -0.3 is 14.7 Å². The summed E-state index contributed by atoms with van der Waals surface area (Å²) in [5.74, 6) is 0.540. The molecule has 0 radical (unpaired) electrons. The fourth-order valence-electron chi connectivity index (χ4n) is 2.04. The third-order valence-corrected chi connectivity index (χ3v) is 2.95. The molecular formula is C12H23NO3. The van der Waals surface area contributed by atoms with Gasteiger partial charge in [0.2, 0.25) is 5.91 Å². The third-order valence-electron chi connectivity index (χ3n) is 2.95. The standard InChI is InChI=1S/C12H23NO3/c1-10(2)16-9-12(15)13-6-3-4-11(8-13)5-7-14/h10-11,14H,3-9H2,1-2H3. The summed E-state index contributed by atoms with van der Waals surface area (Å²) >= 11 is 0. The van der Waals surface area contributed by atoms with E-state index in [0.29, 0.717) is 5.92 Å². The van der Waals surface area contributed by atoms with E-state index in [1.165, 1.54) is 0 Å². The number of amides is 1. The van der Waals surface area contributed by atoms with Gasteiger partial charge in [0.15, 0.2) is 0 Å². The number of nitrogens with zero attached hydrogens (tertiary/aromatic N) is 1. The number of rotatable bonds is 5. The van der Waals surface area contributed by atoms with E-state index in [0.717, 1.165) is 32.4 Å². The molecular weight excluding hydrogens is 206 g/mol. The second kappa shape index (κ2) is 6.86. The SMILES string of the molecule is CC(C)OCC(=O)N1CCCC(CCO)C1. The van der Waals surface area contributed by atoms with Crippen LogP contribution in [-0.2, 0) is 9.53 Å². The number of piperidine rings is 1. The van der Waals surface area contributed by atoms with Gasteiger partial charge in [0.25, 0.3) is 0 Å². The number of hydrogen-bond donors (Lipinski definition) is 1. The largest absolute Gasteiger partial charge is 0.396 e. The van der Waals surface area contributed by atoms with Gasteiger partial charge in [-0.2, -0.15) is 0 Å². The molecule has 0 aliphatic carbocycles. The van der Waals surface area contributed by atoms with E-state index in [-0.39, 0.29) is 25.2 Å². The summed E-state index contributed by atoms with van der Waals surface area (Å²) in [6.45, 7) is 5.87. The molecule has 0 aromatic heterocycles. The second-order valence-corrected chi connectivity index (χ2v) is 4.72. The van der Waals surface area contributed by atoms with Gasteiger partial charge in [0, 0.05) is 19.7 Å².